The first-order valence-corrected chi connectivity index (χ1v) is 19.2. The fourth-order valence-corrected chi connectivity index (χ4v) is 4.52. The minimum Gasteiger partial charge on any atom is -0.475 e. The van der Waals surface area contributed by atoms with Gasteiger partial charge in [0.15, 0.2) is 5.82 Å². The molecule has 0 saturated heterocycles. The summed E-state index contributed by atoms with van der Waals surface area (Å²) in [5, 5.41) is 30.6. The van der Waals surface area contributed by atoms with Crippen molar-refractivity contribution < 1.29 is 55.7 Å². The van der Waals surface area contributed by atoms with E-state index in [4.69, 9.17) is 36.7 Å². The second kappa shape index (κ2) is 19.2. The second-order valence-corrected chi connectivity index (χ2v) is 18.2. The first-order valence-electron chi connectivity index (χ1n) is 15.5. The number of nitrogen functional groups attached to an aromatic ring is 2. The molecule has 3 aromatic rings. The van der Waals surface area contributed by atoms with E-state index in [1.54, 1.807) is 42.5 Å². The number of halogens is 6. The summed E-state index contributed by atoms with van der Waals surface area (Å²) >= 11 is 0. The van der Waals surface area contributed by atoms with Gasteiger partial charge in [-0.2, -0.15) is 26.3 Å². The Hall–Kier alpha value is -5.93. The Morgan fingerprint density at radius 2 is 1.43 bits per heavy atom. The van der Waals surface area contributed by atoms with Crippen LogP contribution in [0.5, 0.6) is 0 Å². The number of aromatic nitrogens is 2. The van der Waals surface area contributed by atoms with E-state index in [-0.39, 0.29) is 36.7 Å². The number of rotatable bonds is 11. The molecule has 2 amide bonds. The molecule has 0 radical (unpaired) electrons. The zero-order valence-corrected chi connectivity index (χ0v) is 30.6. The molecule has 0 aliphatic heterocycles. The van der Waals surface area contributed by atoms with E-state index >= 15 is 0 Å². The van der Waals surface area contributed by atoms with Gasteiger partial charge in [-0.15, -0.1) is 0 Å². The third-order valence-electron chi connectivity index (χ3n) is 6.31. The standard InChI is InChI=1S/C28H38N8O3Si.2C2HF3O2/c1-17(2)35-26-28(39)36(15-24(37)32-13-18-6-8-19(9-7-18)25(30)31)23(14-33-26)20-10-21(12-22(29)11-20)27(38)34-16-40(3,4)5;2*3-2(4,5)1(6)7/h6-12,14,17H,13,15-16,29H2,1-5H3,(H3,30,31)(H,32,37)(H,33,35)(H,34,38);2*(H,6,7). The van der Waals surface area contributed by atoms with Crippen molar-refractivity contribution in [3.05, 3.63) is 75.7 Å². The highest BCUT2D eigenvalue weighted by Gasteiger charge is 2.39. The van der Waals surface area contributed by atoms with Crippen LogP contribution in [0.2, 0.25) is 19.6 Å². The molecule has 22 heteroatoms. The minimum atomic E-state index is -5.08. The highest BCUT2D eigenvalue weighted by atomic mass is 28.3. The molecule has 10 N–H and O–H groups in total. The fraction of sp³-hybridized carbons (Fsp3) is 0.344. The van der Waals surface area contributed by atoms with Gasteiger partial charge in [0.25, 0.3) is 11.5 Å². The Morgan fingerprint density at radius 3 is 1.87 bits per heavy atom. The lowest BCUT2D eigenvalue weighted by molar-refractivity contribution is -0.193. The quantitative estimate of drug-likeness (QED) is 0.0456. The van der Waals surface area contributed by atoms with Crippen molar-refractivity contribution in [2.75, 3.05) is 17.2 Å². The molecule has 0 atom stereocenters. The van der Waals surface area contributed by atoms with E-state index < -0.39 is 43.8 Å². The Morgan fingerprint density at radius 1 is 0.907 bits per heavy atom. The van der Waals surface area contributed by atoms with Crippen molar-refractivity contribution >= 4 is 49.2 Å². The molecule has 54 heavy (non-hydrogen) atoms. The topological polar surface area (TPSA) is 256 Å². The van der Waals surface area contributed by atoms with Gasteiger partial charge < -0.3 is 37.6 Å². The van der Waals surface area contributed by atoms with Crippen LogP contribution >= 0.6 is 0 Å². The molecule has 0 saturated carbocycles. The molecule has 296 valence electrons. The van der Waals surface area contributed by atoms with Crippen molar-refractivity contribution in [1.82, 2.24) is 20.2 Å². The first kappa shape index (κ1) is 46.1. The van der Waals surface area contributed by atoms with Crippen molar-refractivity contribution in [1.29, 1.82) is 5.41 Å². The van der Waals surface area contributed by atoms with Crippen LogP contribution in [0.1, 0.15) is 35.3 Å². The number of anilines is 2. The van der Waals surface area contributed by atoms with Crippen LogP contribution in [0.4, 0.5) is 37.8 Å². The molecule has 2 aromatic carbocycles. The molecular weight excluding hydrogens is 750 g/mol. The predicted molar refractivity (Wildman–Crippen MR) is 189 cm³/mol. The second-order valence-electron chi connectivity index (χ2n) is 12.8. The Labute approximate surface area is 305 Å². The number of hydrogen-bond acceptors (Lipinski definition) is 9. The average molecular weight is 791 g/mol. The van der Waals surface area contributed by atoms with E-state index in [2.05, 4.69) is 40.6 Å². The number of benzene rings is 2. The minimum absolute atomic E-state index is 0.0377. The van der Waals surface area contributed by atoms with Crippen LogP contribution < -0.4 is 33.0 Å². The summed E-state index contributed by atoms with van der Waals surface area (Å²) in [5.74, 6) is -6.09. The fourth-order valence-electron chi connectivity index (χ4n) is 3.83. The molecule has 1 heterocycles. The number of nitrogens with one attached hydrogen (secondary N) is 4. The van der Waals surface area contributed by atoms with E-state index in [0.29, 0.717) is 34.2 Å². The van der Waals surface area contributed by atoms with Crippen LogP contribution in [-0.2, 0) is 27.5 Å². The van der Waals surface area contributed by atoms with Gasteiger partial charge in [0.05, 0.1) is 20.0 Å². The number of carbonyl (C=O) groups is 4. The number of nitrogens with two attached hydrogens (primary N) is 2. The number of hydrogen-bond donors (Lipinski definition) is 8. The molecule has 1 aromatic heterocycles. The average Bonchev–Trinajstić information content (AvgIpc) is 3.03. The molecule has 3 rings (SSSR count). The van der Waals surface area contributed by atoms with Crippen LogP contribution in [0, 0.1) is 5.41 Å². The molecule has 0 aliphatic carbocycles. The molecule has 15 nitrogen and oxygen atoms in total. The zero-order valence-electron chi connectivity index (χ0n) is 29.6. The summed E-state index contributed by atoms with van der Waals surface area (Å²) in [7, 11) is -1.52. The van der Waals surface area contributed by atoms with Gasteiger partial charge in [0.1, 0.15) is 12.4 Å². The largest absolute Gasteiger partial charge is 0.490 e. The maximum Gasteiger partial charge on any atom is 0.490 e. The summed E-state index contributed by atoms with van der Waals surface area (Å²) in [6.45, 7) is 10.2. The summed E-state index contributed by atoms with van der Waals surface area (Å²) in [6.07, 6.45) is -8.06. The summed E-state index contributed by atoms with van der Waals surface area (Å²) in [4.78, 5) is 61.4. The zero-order chi connectivity index (χ0) is 41.8. The van der Waals surface area contributed by atoms with Crippen LogP contribution in [-0.4, -0.2) is 82.0 Å². The van der Waals surface area contributed by atoms with Crippen molar-refractivity contribution in [3.8, 4) is 11.3 Å². The van der Waals surface area contributed by atoms with Gasteiger partial charge in [-0.3, -0.25) is 24.4 Å². The predicted octanol–water partition coefficient (Wildman–Crippen LogP) is 3.79. The van der Waals surface area contributed by atoms with E-state index in [9.17, 15) is 40.7 Å². The third kappa shape index (κ3) is 16.2. The number of carbonyl (C=O) groups excluding carboxylic acids is 2. The number of nitrogens with zero attached hydrogens (tertiary/aromatic N) is 2. The third-order valence-corrected chi connectivity index (χ3v) is 7.55. The Balaban J connectivity index is 0.000000879. The van der Waals surface area contributed by atoms with Gasteiger partial charge in [-0.25, -0.2) is 14.6 Å². The van der Waals surface area contributed by atoms with E-state index in [0.717, 1.165) is 5.56 Å². The first-order chi connectivity index (χ1) is 24.6. The van der Waals surface area contributed by atoms with Gasteiger partial charge >= 0.3 is 24.3 Å². The molecule has 0 spiro atoms. The molecule has 0 unspecified atom stereocenters. The van der Waals surface area contributed by atoms with Crippen molar-refractivity contribution in [2.24, 2.45) is 5.73 Å². The van der Waals surface area contributed by atoms with E-state index in [1.165, 1.54) is 10.8 Å². The normalized spacial score (nSPS) is 11.3. The molecule has 0 aliphatic rings. The highest BCUT2D eigenvalue weighted by Crippen LogP contribution is 2.24. The van der Waals surface area contributed by atoms with Crippen LogP contribution in [0.25, 0.3) is 11.3 Å². The molecule has 0 bridgehead atoms. The number of amides is 2. The summed E-state index contributed by atoms with van der Waals surface area (Å²) < 4.78 is 64.8. The Kier molecular flexibility index (Phi) is 16.4. The Bertz CT molecular complexity index is 1850. The smallest absolute Gasteiger partial charge is 0.475 e. The van der Waals surface area contributed by atoms with Gasteiger partial charge in [0.2, 0.25) is 5.91 Å². The van der Waals surface area contributed by atoms with Gasteiger partial charge in [0, 0.05) is 41.1 Å². The SMILES string of the molecule is CC(C)Nc1ncc(-c2cc(N)cc(C(=O)NC[Si](C)(C)C)c2)n(CC(=O)NCc2ccc(C(=N)N)cc2)c1=O.O=C(O)C(F)(F)F.O=C(O)C(F)(F)F. The van der Waals surface area contributed by atoms with Crippen LogP contribution in [0.3, 0.4) is 0 Å². The van der Waals surface area contributed by atoms with Crippen LogP contribution in [0.15, 0.2) is 53.5 Å². The highest BCUT2D eigenvalue weighted by molar-refractivity contribution is 6.76. The molecule has 0 fully saturated rings. The van der Waals surface area contributed by atoms with Crippen molar-refractivity contribution in [2.45, 2.75) is 65.0 Å². The monoisotopic (exact) mass is 790 g/mol. The van der Waals surface area contributed by atoms with Gasteiger partial charge in [-0.05, 0) is 37.6 Å². The summed E-state index contributed by atoms with van der Waals surface area (Å²) in [6, 6.07) is 11.8. The number of alkyl halides is 6. The maximum atomic E-state index is 13.4. The lowest BCUT2D eigenvalue weighted by Gasteiger charge is -2.18. The lowest BCUT2D eigenvalue weighted by Crippen LogP contribution is -2.39. The number of aliphatic carboxylic acids is 2. The number of carboxylic acid groups (broad SMARTS) is 2. The van der Waals surface area contributed by atoms with Crippen molar-refractivity contribution in [3.63, 3.8) is 0 Å². The maximum absolute atomic E-state index is 13.4. The number of carboxylic acids is 2. The lowest BCUT2D eigenvalue weighted by atomic mass is 10.1. The number of amidine groups is 1. The van der Waals surface area contributed by atoms with Gasteiger partial charge in [-0.1, -0.05) is 43.9 Å². The van der Waals surface area contributed by atoms with E-state index in [1.807, 2.05) is 13.8 Å². The summed E-state index contributed by atoms with van der Waals surface area (Å²) in [5.41, 5.74) is 14.1. The molecular formula is C32H40F6N8O7Si.